The highest BCUT2D eigenvalue weighted by Gasteiger charge is 2.31. The largest absolute Gasteiger partial charge is 0.358 e. The summed E-state index contributed by atoms with van der Waals surface area (Å²) >= 11 is 7.20. The van der Waals surface area contributed by atoms with Crippen LogP contribution in [-0.2, 0) is 19.2 Å². The minimum atomic E-state index is -4.16. The topological polar surface area (TPSA) is 85.7 Å². The van der Waals surface area contributed by atoms with Crippen molar-refractivity contribution in [3.63, 3.8) is 0 Å². The number of rotatable bonds is 5. The molecule has 0 unspecified atom stereocenters. The van der Waals surface area contributed by atoms with Crippen molar-refractivity contribution in [3.8, 4) is 0 Å². The molecule has 0 spiro atoms. The number of ketones is 1. The zero-order chi connectivity index (χ0) is 20.5. The smallest absolute Gasteiger partial charge is 0.292 e. The van der Waals surface area contributed by atoms with Crippen LogP contribution in [0.25, 0.3) is 10.2 Å². The average Bonchev–Trinajstić information content (AvgIpc) is 3.04. The molecule has 3 aromatic rings. The minimum Gasteiger partial charge on any atom is -0.292 e. The molecule has 1 aromatic heterocycles. The van der Waals surface area contributed by atoms with E-state index >= 15 is 0 Å². The van der Waals surface area contributed by atoms with Gasteiger partial charge in [0, 0.05) is 10.4 Å². The van der Waals surface area contributed by atoms with Crippen LogP contribution in [0.2, 0.25) is 5.02 Å². The molecule has 0 atom stereocenters. The van der Waals surface area contributed by atoms with Crippen molar-refractivity contribution in [2.45, 2.75) is 25.7 Å². The number of carbonyl (C=O) groups is 1. The molecule has 0 radical (unpaired) electrons. The Morgan fingerprint density at radius 3 is 2.46 bits per heavy atom. The summed E-state index contributed by atoms with van der Waals surface area (Å²) in [7, 11) is -4.16. The summed E-state index contributed by atoms with van der Waals surface area (Å²) in [5.41, 5.74) is -0.369. The van der Waals surface area contributed by atoms with Gasteiger partial charge in [-0.3, -0.25) is 9.08 Å². The van der Waals surface area contributed by atoms with Gasteiger partial charge in [0.15, 0.2) is 11.5 Å². The summed E-state index contributed by atoms with van der Waals surface area (Å²) in [6.45, 7) is 5.13. The first-order chi connectivity index (χ1) is 13.1. The molecule has 9 heteroatoms. The van der Waals surface area contributed by atoms with Crippen LogP contribution in [-0.4, -0.2) is 24.9 Å². The van der Waals surface area contributed by atoms with Gasteiger partial charge in [0.2, 0.25) is 0 Å². The van der Waals surface area contributed by atoms with Crippen molar-refractivity contribution in [1.29, 1.82) is 0 Å². The van der Waals surface area contributed by atoms with Gasteiger partial charge in [-0.1, -0.05) is 55.7 Å². The van der Waals surface area contributed by atoms with Crippen LogP contribution in [0.5, 0.6) is 0 Å². The molecule has 0 amide bonds. The maximum absolute atomic E-state index is 12.9. The predicted octanol–water partition coefficient (Wildman–Crippen LogP) is 4.67. The first-order valence-electron chi connectivity index (χ1n) is 8.26. The lowest BCUT2D eigenvalue weighted by molar-refractivity contribution is -0.119. The van der Waals surface area contributed by atoms with Gasteiger partial charge in [0.25, 0.3) is 0 Å². The van der Waals surface area contributed by atoms with Crippen molar-refractivity contribution in [2.75, 3.05) is 0 Å². The quantitative estimate of drug-likeness (QED) is 0.428. The van der Waals surface area contributed by atoms with Crippen molar-refractivity contribution in [3.05, 3.63) is 58.6 Å². The van der Waals surface area contributed by atoms with Crippen LogP contribution in [0.4, 0.5) is 0 Å². The zero-order valence-corrected chi connectivity index (χ0v) is 17.7. The fourth-order valence-electron chi connectivity index (χ4n) is 2.25. The average molecular weight is 437 g/mol. The number of hydrogen-bond donors (Lipinski definition) is 0. The Kier molecular flexibility index (Phi) is 5.56. The Morgan fingerprint density at radius 2 is 1.82 bits per heavy atom. The van der Waals surface area contributed by atoms with Crippen molar-refractivity contribution in [1.82, 2.24) is 4.98 Å². The van der Waals surface area contributed by atoms with E-state index in [2.05, 4.69) is 10.1 Å². The van der Waals surface area contributed by atoms with Crippen molar-refractivity contribution >= 4 is 54.8 Å². The van der Waals surface area contributed by atoms with Gasteiger partial charge in [0.05, 0.1) is 10.2 Å². The third-order valence-electron chi connectivity index (χ3n) is 3.71. The monoisotopic (exact) mass is 436 g/mol. The molecule has 2 aromatic carbocycles. The van der Waals surface area contributed by atoms with Gasteiger partial charge >= 0.3 is 10.1 Å². The fraction of sp³-hybridized carbons (Fsp3) is 0.211. The lowest BCUT2D eigenvalue weighted by atomic mass is 9.88. The molecule has 0 bridgehead atoms. The molecule has 146 valence electrons. The number of hydrogen-bond acceptors (Lipinski definition) is 7. The molecule has 6 nitrogen and oxygen atoms in total. The molecular formula is C19H17ClN2O4S2. The summed E-state index contributed by atoms with van der Waals surface area (Å²) in [6.07, 6.45) is 0. The van der Waals surface area contributed by atoms with Gasteiger partial charge in [-0.25, -0.2) is 4.98 Å². The standard InChI is InChI=1S/C19H17ClN2O4S2/c1-19(2,3)17(23)16(18-21-14-11-12(20)9-10-15(14)27-18)22-26-28(24,25)13-7-5-4-6-8-13/h4-11H,1-3H3. The predicted molar refractivity (Wildman–Crippen MR) is 110 cm³/mol. The highest BCUT2D eigenvalue weighted by Crippen LogP contribution is 2.28. The number of fused-ring (bicyclic) bond motifs is 1. The van der Waals surface area contributed by atoms with E-state index in [4.69, 9.17) is 15.9 Å². The van der Waals surface area contributed by atoms with Gasteiger partial charge in [0.1, 0.15) is 9.90 Å². The third-order valence-corrected chi connectivity index (χ3v) is 6.11. The van der Waals surface area contributed by atoms with E-state index in [9.17, 15) is 13.2 Å². The molecule has 3 rings (SSSR count). The van der Waals surface area contributed by atoms with Crippen LogP contribution in [0, 0.1) is 5.41 Å². The number of halogens is 1. The number of carbonyl (C=O) groups excluding carboxylic acids is 1. The summed E-state index contributed by atoms with van der Waals surface area (Å²) in [5, 5.41) is 4.49. The van der Waals surface area contributed by atoms with Crippen molar-refractivity contribution < 1.29 is 17.5 Å². The van der Waals surface area contributed by atoms with Gasteiger partial charge in [-0.15, -0.1) is 11.3 Å². The molecule has 0 aliphatic carbocycles. The Balaban J connectivity index is 2.06. The molecule has 28 heavy (non-hydrogen) atoms. The summed E-state index contributed by atoms with van der Waals surface area (Å²) < 4.78 is 30.4. The van der Waals surface area contributed by atoms with Crippen LogP contribution >= 0.6 is 22.9 Å². The number of aromatic nitrogens is 1. The first-order valence-corrected chi connectivity index (χ1v) is 10.9. The minimum absolute atomic E-state index is 0.0580. The fourth-order valence-corrected chi connectivity index (χ4v) is 4.09. The maximum Gasteiger partial charge on any atom is 0.358 e. The molecule has 0 fully saturated rings. The molecule has 0 saturated heterocycles. The Bertz CT molecular complexity index is 1160. The summed E-state index contributed by atoms with van der Waals surface area (Å²) in [4.78, 5) is 17.2. The molecule has 1 heterocycles. The third kappa shape index (κ3) is 4.40. The van der Waals surface area contributed by atoms with E-state index in [-0.39, 0.29) is 21.4 Å². The second-order valence-electron chi connectivity index (χ2n) is 6.99. The van der Waals surface area contributed by atoms with Crippen LogP contribution in [0.1, 0.15) is 25.8 Å². The normalized spacial score (nSPS) is 12.9. The lowest BCUT2D eigenvalue weighted by Crippen LogP contribution is -2.29. The van der Waals surface area contributed by atoms with E-state index in [1.165, 1.54) is 23.5 Å². The van der Waals surface area contributed by atoms with Gasteiger partial charge in [-0.2, -0.15) is 8.42 Å². The second kappa shape index (κ2) is 7.62. The van der Waals surface area contributed by atoms with Crippen LogP contribution < -0.4 is 0 Å². The number of nitrogens with zero attached hydrogens (tertiary/aromatic N) is 2. The maximum atomic E-state index is 12.9. The highest BCUT2D eigenvalue weighted by atomic mass is 35.5. The summed E-state index contributed by atoms with van der Waals surface area (Å²) in [6, 6.07) is 12.7. The van der Waals surface area contributed by atoms with Gasteiger partial charge < -0.3 is 0 Å². The lowest BCUT2D eigenvalue weighted by Gasteiger charge is -2.16. The SMILES string of the molecule is CC(C)(C)C(=O)C(=NOS(=O)(=O)c1ccccc1)c1nc2cc(Cl)ccc2s1. The highest BCUT2D eigenvalue weighted by molar-refractivity contribution is 7.86. The molecule has 0 aliphatic heterocycles. The van der Waals surface area contributed by atoms with E-state index in [1.54, 1.807) is 57.2 Å². The van der Waals surface area contributed by atoms with Gasteiger partial charge in [-0.05, 0) is 30.3 Å². The second-order valence-corrected chi connectivity index (χ2v) is 9.99. The zero-order valence-electron chi connectivity index (χ0n) is 15.3. The van der Waals surface area contributed by atoms with E-state index in [1.807, 2.05) is 0 Å². The molecular weight excluding hydrogens is 420 g/mol. The number of thiazole rings is 1. The van der Waals surface area contributed by atoms with Crippen LogP contribution in [0.3, 0.4) is 0 Å². The Hall–Kier alpha value is -2.29. The number of Topliss-reactive ketones (excluding diaryl/α,β-unsaturated/α-hetero) is 1. The van der Waals surface area contributed by atoms with Crippen LogP contribution in [0.15, 0.2) is 58.6 Å². The van der Waals surface area contributed by atoms with Crippen molar-refractivity contribution in [2.24, 2.45) is 10.6 Å². The van der Waals surface area contributed by atoms with E-state index in [0.29, 0.717) is 10.5 Å². The number of benzene rings is 2. The van der Waals surface area contributed by atoms with E-state index in [0.717, 1.165) is 4.70 Å². The Morgan fingerprint density at radius 1 is 1.14 bits per heavy atom. The molecule has 0 saturated carbocycles. The first kappa shape index (κ1) is 20.4. The number of oxime groups is 1. The Labute approximate surface area is 171 Å². The molecule has 0 aliphatic rings. The summed E-state index contributed by atoms with van der Waals surface area (Å²) in [5.74, 6) is -0.388. The van der Waals surface area contributed by atoms with E-state index < -0.39 is 15.5 Å². The molecule has 0 N–H and O–H groups in total.